The molecule has 0 radical (unpaired) electrons. The number of thiophene rings is 1. The van der Waals surface area contributed by atoms with Gasteiger partial charge in [-0.1, -0.05) is 0 Å². The number of aryl methyl sites for hydroxylation is 1. The molecule has 1 fully saturated rings. The first-order chi connectivity index (χ1) is 10.9. The normalized spacial score (nSPS) is 15.3. The Balaban J connectivity index is 1.69. The van der Waals surface area contributed by atoms with E-state index in [9.17, 15) is 13.2 Å². The Morgan fingerprint density at radius 1 is 1.26 bits per heavy atom. The van der Waals surface area contributed by atoms with Crippen molar-refractivity contribution in [1.82, 2.24) is 4.90 Å². The van der Waals surface area contributed by atoms with Crippen LogP contribution in [0.1, 0.15) is 15.2 Å². The van der Waals surface area contributed by atoms with Crippen molar-refractivity contribution in [3.05, 3.63) is 46.2 Å². The smallest absolute Gasteiger partial charge is 0.264 e. The monoisotopic (exact) mass is 351 g/mol. The largest absolute Gasteiger partial charge is 0.497 e. The molecule has 23 heavy (non-hydrogen) atoms. The number of methoxy groups -OCH3 is 1. The molecule has 1 aliphatic heterocycles. The highest BCUT2D eigenvalue weighted by Crippen LogP contribution is 2.27. The Bertz CT molecular complexity index is 818. The van der Waals surface area contributed by atoms with Crippen molar-refractivity contribution in [3.8, 4) is 5.75 Å². The summed E-state index contributed by atoms with van der Waals surface area (Å²) >= 11 is 1.39. The molecule has 7 heteroatoms. The molecule has 0 aliphatic carbocycles. The van der Waals surface area contributed by atoms with Gasteiger partial charge in [-0.15, -0.1) is 11.3 Å². The molecule has 1 saturated heterocycles. The molecule has 2 aromatic rings. The third-order valence-electron chi connectivity index (χ3n) is 3.90. The Morgan fingerprint density at radius 2 is 1.91 bits per heavy atom. The maximum atomic E-state index is 12.5. The highest BCUT2D eigenvalue weighted by Gasteiger charge is 2.41. The van der Waals surface area contributed by atoms with E-state index in [-0.39, 0.29) is 23.9 Å². The van der Waals surface area contributed by atoms with Crippen LogP contribution in [0.15, 0.2) is 40.6 Å². The molecule has 0 saturated carbocycles. The molecular weight excluding hydrogens is 334 g/mol. The zero-order valence-electron chi connectivity index (χ0n) is 12.9. The van der Waals surface area contributed by atoms with Crippen LogP contribution in [0.25, 0.3) is 0 Å². The fourth-order valence-corrected chi connectivity index (χ4v) is 4.97. The summed E-state index contributed by atoms with van der Waals surface area (Å²) in [5.74, 6) is 0.520. The number of likely N-dealkylation sites (tertiary alicyclic amines) is 1. The van der Waals surface area contributed by atoms with Crippen LogP contribution >= 0.6 is 11.3 Å². The van der Waals surface area contributed by atoms with E-state index in [1.165, 1.54) is 18.4 Å². The molecule has 5 nitrogen and oxygen atoms in total. The Labute approximate surface area is 139 Å². The highest BCUT2D eigenvalue weighted by molar-refractivity contribution is 7.92. The molecule has 0 atom stereocenters. The van der Waals surface area contributed by atoms with E-state index >= 15 is 0 Å². The molecule has 2 heterocycles. The maximum absolute atomic E-state index is 12.5. The summed E-state index contributed by atoms with van der Waals surface area (Å²) < 4.78 is 30.1. The lowest BCUT2D eigenvalue weighted by molar-refractivity contribution is 0.0664. The number of ether oxygens (including phenoxy) is 1. The minimum Gasteiger partial charge on any atom is -0.497 e. The second-order valence-electron chi connectivity index (χ2n) is 5.54. The molecule has 1 amide bonds. The molecule has 0 unspecified atom stereocenters. The van der Waals surface area contributed by atoms with Crippen molar-refractivity contribution in [2.45, 2.75) is 17.1 Å². The van der Waals surface area contributed by atoms with Crippen LogP contribution in [0.5, 0.6) is 5.75 Å². The lowest BCUT2D eigenvalue weighted by atomic mass is 10.2. The van der Waals surface area contributed by atoms with E-state index in [4.69, 9.17) is 4.74 Å². The predicted molar refractivity (Wildman–Crippen MR) is 88.9 cm³/mol. The first-order valence-corrected chi connectivity index (χ1v) is 9.57. The number of sulfone groups is 1. The summed E-state index contributed by atoms with van der Waals surface area (Å²) in [5.41, 5.74) is 1.04. The van der Waals surface area contributed by atoms with Gasteiger partial charge >= 0.3 is 0 Å². The van der Waals surface area contributed by atoms with E-state index in [0.29, 0.717) is 10.6 Å². The van der Waals surface area contributed by atoms with Gasteiger partial charge in [-0.3, -0.25) is 4.79 Å². The molecule has 1 aliphatic rings. The predicted octanol–water partition coefficient (Wildman–Crippen LogP) is 2.36. The van der Waals surface area contributed by atoms with Crippen LogP contribution in [-0.2, 0) is 9.84 Å². The van der Waals surface area contributed by atoms with Gasteiger partial charge in [-0.2, -0.15) is 0 Å². The van der Waals surface area contributed by atoms with Gasteiger partial charge in [0.15, 0.2) is 9.84 Å². The zero-order valence-corrected chi connectivity index (χ0v) is 14.5. The summed E-state index contributed by atoms with van der Waals surface area (Å²) in [5, 5.41) is 1.37. The van der Waals surface area contributed by atoms with Gasteiger partial charge in [0, 0.05) is 13.1 Å². The van der Waals surface area contributed by atoms with E-state index in [1.54, 1.807) is 29.2 Å². The van der Waals surface area contributed by atoms with E-state index in [1.807, 2.05) is 18.4 Å². The molecule has 1 aromatic carbocycles. The third-order valence-corrected chi connectivity index (χ3v) is 7.04. The van der Waals surface area contributed by atoms with Crippen LogP contribution in [0.2, 0.25) is 0 Å². The number of benzene rings is 1. The number of nitrogens with zero attached hydrogens (tertiary/aromatic N) is 1. The minimum atomic E-state index is -3.42. The van der Waals surface area contributed by atoms with Gasteiger partial charge in [0.1, 0.15) is 11.0 Å². The van der Waals surface area contributed by atoms with Crippen LogP contribution < -0.4 is 4.74 Å². The van der Waals surface area contributed by atoms with Gasteiger partial charge in [-0.25, -0.2) is 8.42 Å². The van der Waals surface area contributed by atoms with Crippen molar-refractivity contribution in [1.29, 1.82) is 0 Å². The number of carbonyl (C=O) groups excluding carboxylic acids is 1. The Hall–Kier alpha value is -1.86. The molecule has 3 rings (SSSR count). The summed E-state index contributed by atoms with van der Waals surface area (Å²) in [4.78, 5) is 14.8. The summed E-state index contributed by atoms with van der Waals surface area (Å²) in [6, 6.07) is 8.17. The van der Waals surface area contributed by atoms with Gasteiger partial charge in [-0.05, 0) is 48.2 Å². The Morgan fingerprint density at radius 3 is 2.43 bits per heavy atom. The van der Waals surface area contributed by atoms with Gasteiger partial charge in [0.2, 0.25) is 0 Å². The maximum Gasteiger partial charge on any atom is 0.264 e. The summed E-state index contributed by atoms with van der Waals surface area (Å²) in [6.07, 6.45) is 0. The first-order valence-electron chi connectivity index (χ1n) is 7.14. The summed E-state index contributed by atoms with van der Waals surface area (Å²) in [7, 11) is -1.88. The number of hydrogen-bond donors (Lipinski definition) is 0. The second kappa shape index (κ2) is 5.98. The molecule has 1 aromatic heterocycles. The van der Waals surface area contributed by atoms with Crippen LogP contribution in [0, 0.1) is 6.92 Å². The molecule has 0 N–H and O–H groups in total. The van der Waals surface area contributed by atoms with Gasteiger partial charge < -0.3 is 9.64 Å². The molecule has 122 valence electrons. The van der Waals surface area contributed by atoms with E-state index < -0.39 is 15.1 Å². The van der Waals surface area contributed by atoms with Crippen LogP contribution in [0.3, 0.4) is 0 Å². The average molecular weight is 351 g/mol. The van der Waals surface area contributed by atoms with Crippen molar-refractivity contribution >= 4 is 27.1 Å². The minimum absolute atomic E-state index is 0.0933. The topological polar surface area (TPSA) is 63.7 Å². The van der Waals surface area contributed by atoms with Crippen molar-refractivity contribution in [3.63, 3.8) is 0 Å². The first kappa shape index (κ1) is 16.0. The number of carbonyl (C=O) groups is 1. The molecular formula is C16H17NO4S2. The average Bonchev–Trinajstić information content (AvgIpc) is 2.92. The fraction of sp³-hybridized carbons (Fsp3) is 0.312. The number of rotatable bonds is 4. The number of amides is 1. The van der Waals surface area contributed by atoms with Gasteiger partial charge in [0.05, 0.1) is 16.9 Å². The quantitative estimate of drug-likeness (QED) is 0.848. The van der Waals surface area contributed by atoms with E-state index in [0.717, 1.165) is 5.56 Å². The third kappa shape index (κ3) is 2.98. The van der Waals surface area contributed by atoms with Crippen LogP contribution in [0.4, 0.5) is 0 Å². The molecule has 0 spiro atoms. The zero-order chi connectivity index (χ0) is 16.6. The number of hydrogen-bond acceptors (Lipinski definition) is 5. The fourth-order valence-electron chi connectivity index (χ4n) is 2.46. The lowest BCUT2D eigenvalue weighted by Crippen LogP contribution is -2.56. The second-order valence-corrected chi connectivity index (χ2v) is 8.68. The SMILES string of the molecule is COc1ccc(S(=O)(=O)C2CN(C(=O)c3cc(C)cs3)C2)cc1. The summed E-state index contributed by atoms with van der Waals surface area (Å²) in [6.45, 7) is 2.41. The molecule has 0 bridgehead atoms. The van der Waals surface area contributed by atoms with Crippen molar-refractivity contribution in [2.24, 2.45) is 0 Å². The standard InChI is InChI=1S/C16H17NO4S2/c1-11-7-15(22-10-11)16(18)17-8-14(9-17)23(19,20)13-5-3-12(21-2)4-6-13/h3-7,10,14H,8-9H2,1-2H3. The van der Waals surface area contributed by atoms with Crippen LogP contribution in [-0.4, -0.2) is 44.7 Å². The lowest BCUT2D eigenvalue weighted by Gasteiger charge is -2.38. The van der Waals surface area contributed by atoms with Crippen molar-refractivity contribution in [2.75, 3.05) is 20.2 Å². The van der Waals surface area contributed by atoms with Gasteiger partial charge in [0.25, 0.3) is 5.91 Å². The van der Waals surface area contributed by atoms with Crippen molar-refractivity contribution < 1.29 is 17.9 Å². The Kier molecular flexibility index (Phi) is 4.16. The highest BCUT2D eigenvalue weighted by atomic mass is 32.2. The van der Waals surface area contributed by atoms with E-state index in [2.05, 4.69) is 0 Å².